The van der Waals surface area contributed by atoms with E-state index in [0.717, 1.165) is 31.1 Å². The Morgan fingerprint density at radius 1 is 1.22 bits per heavy atom. The lowest BCUT2D eigenvalue weighted by Crippen LogP contribution is -2.54. The normalized spacial score (nSPS) is 14.9. The molecule has 1 saturated heterocycles. The van der Waals surface area contributed by atoms with Crippen molar-refractivity contribution in [2.45, 2.75) is 26.7 Å². The Morgan fingerprint density at radius 3 is 2.17 bits per heavy atom. The molecular formula is C13H26Cl2N6OS. The standard InChI is InChI=1S/C13H24N6OS.2ClH/c1-3-13(4-2,9-14)10(20)18-5-7-19(8-6-18)12-16-11(15)17-21-12;;/h3-9,14H2,1-2H3,(H2,15,17);2*1H. The van der Waals surface area contributed by atoms with Crippen molar-refractivity contribution in [3.63, 3.8) is 0 Å². The van der Waals surface area contributed by atoms with Crippen molar-refractivity contribution in [3.8, 4) is 0 Å². The van der Waals surface area contributed by atoms with Gasteiger partial charge in [0.15, 0.2) is 0 Å². The summed E-state index contributed by atoms with van der Waals surface area (Å²) in [6, 6.07) is 0. The third-order valence-corrected chi connectivity index (χ3v) is 5.26. The van der Waals surface area contributed by atoms with E-state index in [9.17, 15) is 4.79 Å². The molecule has 10 heteroatoms. The first-order valence-corrected chi connectivity index (χ1v) is 8.17. The summed E-state index contributed by atoms with van der Waals surface area (Å²) in [5.41, 5.74) is 11.0. The third-order valence-electron chi connectivity index (χ3n) is 4.47. The molecule has 0 radical (unpaired) electrons. The molecule has 0 spiro atoms. The summed E-state index contributed by atoms with van der Waals surface area (Å²) in [6.45, 7) is 7.39. The van der Waals surface area contributed by atoms with Crippen LogP contribution in [0.3, 0.4) is 0 Å². The Balaban J connectivity index is 0.00000242. The number of nitrogens with two attached hydrogens (primary N) is 2. The van der Waals surface area contributed by atoms with Gasteiger partial charge in [0.25, 0.3) is 0 Å². The summed E-state index contributed by atoms with van der Waals surface area (Å²) in [5, 5.41) is 0.829. The molecule has 1 aromatic rings. The number of carbonyl (C=O) groups is 1. The molecule has 2 rings (SSSR count). The highest BCUT2D eigenvalue weighted by atomic mass is 35.5. The number of hydrogen-bond donors (Lipinski definition) is 2. The smallest absolute Gasteiger partial charge is 0.233 e. The average molecular weight is 385 g/mol. The monoisotopic (exact) mass is 384 g/mol. The molecule has 0 saturated carbocycles. The van der Waals surface area contributed by atoms with E-state index in [0.29, 0.717) is 25.6 Å². The van der Waals surface area contributed by atoms with Gasteiger partial charge in [-0.2, -0.15) is 9.36 Å². The van der Waals surface area contributed by atoms with Gasteiger partial charge in [-0.1, -0.05) is 13.8 Å². The Labute approximate surface area is 153 Å². The van der Waals surface area contributed by atoms with Gasteiger partial charge < -0.3 is 21.3 Å². The Kier molecular flexibility index (Phi) is 9.12. The van der Waals surface area contributed by atoms with Crippen molar-refractivity contribution >= 4 is 53.3 Å². The molecule has 1 aliphatic heterocycles. The SMILES string of the molecule is CCC(CC)(CN)C(=O)N1CCN(c2nc(N)ns2)CC1.Cl.Cl. The maximum Gasteiger partial charge on any atom is 0.233 e. The van der Waals surface area contributed by atoms with E-state index in [2.05, 4.69) is 14.3 Å². The summed E-state index contributed by atoms with van der Waals surface area (Å²) in [4.78, 5) is 21.0. The Morgan fingerprint density at radius 2 is 1.78 bits per heavy atom. The van der Waals surface area contributed by atoms with Crippen molar-refractivity contribution in [2.75, 3.05) is 43.4 Å². The fourth-order valence-corrected chi connectivity index (χ4v) is 3.37. The second kappa shape index (κ2) is 9.46. The highest BCUT2D eigenvalue weighted by Crippen LogP contribution is 2.29. The van der Waals surface area contributed by atoms with Gasteiger partial charge in [-0.25, -0.2) is 0 Å². The average Bonchev–Trinajstić information content (AvgIpc) is 2.96. The van der Waals surface area contributed by atoms with Crippen molar-refractivity contribution in [3.05, 3.63) is 0 Å². The Bertz CT molecular complexity index is 480. The number of piperazine rings is 1. The zero-order chi connectivity index (χ0) is 15.5. The largest absolute Gasteiger partial charge is 0.367 e. The van der Waals surface area contributed by atoms with E-state index in [1.807, 2.05) is 18.7 Å². The van der Waals surface area contributed by atoms with Crippen LogP contribution in [0.5, 0.6) is 0 Å². The van der Waals surface area contributed by atoms with Crippen LogP contribution in [-0.2, 0) is 4.79 Å². The number of amides is 1. The van der Waals surface area contributed by atoms with Crippen LogP contribution >= 0.6 is 36.3 Å². The number of carbonyl (C=O) groups excluding carboxylic acids is 1. The minimum absolute atomic E-state index is 0. The minimum atomic E-state index is -0.407. The summed E-state index contributed by atoms with van der Waals surface area (Å²) < 4.78 is 3.99. The molecule has 134 valence electrons. The van der Waals surface area contributed by atoms with Crippen LogP contribution in [0.4, 0.5) is 11.1 Å². The molecule has 0 atom stereocenters. The third kappa shape index (κ3) is 4.59. The summed E-state index contributed by atoms with van der Waals surface area (Å²) in [7, 11) is 0. The molecule has 0 bridgehead atoms. The van der Waals surface area contributed by atoms with Crippen LogP contribution in [0.1, 0.15) is 26.7 Å². The maximum atomic E-state index is 12.7. The second-order valence-electron chi connectivity index (χ2n) is 5.41. The number of nitrogens with zero attached hydrogens (tertiary/aromatic N) is 4. The Hall–Kier alpha value is -0.830. The quantitative estimate of drug-likeness (QED) is 0.794. The lowest BCUT2D eigenvalue weighted by molar-refractivity contribution is -0.142. The highest BCUT2D eigenvalue weighted by molar-refractivity contribution is 7.09. The van der Waals surface area contributed by atoms with E-state index in [4.69, 9.17) is 11.5 Å². The maximum absolute atomic E-state index is 12.7. The van der Waals surface area contributed by atoms with Crippen LogP contribution in [0.25, 0.3) is 0 Å². The van der Waals surface area contributed by atoms with Crippen LogP contribution in [0, 0.1) is 5.41 Å². The van der Waals surface area contributed by atoms with Gasteiger partial charge in [0.1, 0.15) is 0 Å². The van der Waals surface area contributed by atoms with E-state index >= 15 is 0 Å². The van der Waals surface area contributed by atoms with Gasteiger partial charge >= 0.3 is 0 Å². The minimum Gasteiger partial charge on any atom is -0.367 e. The second-order valence-corrected chi connectivity index (χ2v) is 6.14. The molecule has 1 aromatic heterocycles. The lowest BCUT2D eigenvalue weighted by atomic mass is 9.81. The molecule has 0 aliphatic carbocycles. The predicted octanol–water partition coefficient (Wildman–Crippen LogP) is 1.38. The number of rotatable bonds is 5. The number of hydrogen-bond acceptors (Lipinski definition) is 7. The van der Waals surface area contributed by atoms with Crippen LogP contribution in [0.2, 0.25) is 0 Å². The van der Waals surface area contributed by atoms with Crippen molar-refractivity contribution < 1.29 is 4.79 Å². The zero-order valence-electron chi connectivity index (χ0n) is 13.5. The van der Waals surface area contributed by atoms with Crippen molar-refractivity contribution in [1.82, 2.24) is 14.3 Å². The summed E-state index contributed by atoms with van der Waals surface area (Å²) in [5.74, 6) is 0.499. The molecule has 1 aliphatic rings. The fraction of sp³-hybridized carbons (Fsp3) is 0.769. The molecule has 4 N–H and O–H groups in total. The van der Waals surface area contributed by atoms with E-state index < -0.39 is 5.41 Å². The number of aromatic nitrogens is 2. The fourth-order valence-electron chi connectivity index (χ4n) is 2.72. The van der Waals surface area contributed by atoms with E-state index in [-0.39, 0.29) is 30.7 Å². The van der Waals surface area contributed by atoms with Crippen molar-refractivity contribution in [2.24, 2.45) is 11.1 Å². The molecule has 23 heavy (non-hydrogen) atoms. The molecule has 0 aromatic carbocycles. The molecule has 2 heterocycles. The number of anilines is 2. The molecule has 1 amide bonds. The molecular weight excluding hydrogens is 359 g/mol. The lowest BCUT2D eigenvalue weighted by Gasteiger charge is -2.40. The number of nitrogen functional groups attached to an aromatic ring is 1. The van der Waals surface area contributed by atoms with Crippen LogP contribution < -0.4 is 16.4 Å². The van der Waals surface area contributed by atoms with E-state index in [1.54, 1.807) is 0 Å². The first-order valence-electron chi connectivity index (χ1n) is 7.40. The van der Waals surface area contributed by atoms with Gasteiger partial charge in [0, 0.05) is 44.3 Å². The highest BCUT2D eigenvalue weighted by Gasteiger charge is 2.38. The summed E-state index contributed by atoms with van der Waals surface area (Å²) in [6.07, 6.45) is 1.57. The van der Waals surface area contributed by atoms with Crippen LogP contribution in [-0.4, -0.2) is 52.9 Å². The molecule has 1 fully saturated rings. The molecule has 0 unspecified atom stereocenters. The van der Waals surface area contributed by atoms with Gasteiger partial charge in [0.05, 0.1) is 5.41 Å². The predicted molar refractivity (Wildman–Crippen MR) is 99.7 cm³/mol. The van der Waals surface area contributed by atoms with Gasteiger partial charge in [-0.05, 0) is 12.8 Å². The summed E-state index contributed by atoms with van der Waals surface area (Å²) >= 11 is 1.30. The van der Waals surface area contributed by atoms with Gasteiger partial charge in [-0.15, -0.1) is 24.8 Å². The van der Waals surface area contributed by atoms with Gasteiger partial charge in [0.2, 0.25) is 17.0 Å². The van der Waals surface area contributed by atoms with Crippen LogP contribution in [0.15, 0.2) is 0 Å². The van der Waals surface area contributed by atoms with Gasteiger partial charge in [-0.3, -0.25) is 4.79 Å². The first-order chi connectivity index (χ1) is 10.1. The van der Waals surface area contributed by atoms with Crippen molar-refractivity contribution in [1.29, 1.82) is 0 Å². The zero-order valence-corrected chi connectivity index (χ0v) is 16.0. The first kappa shape index (κ1) is 22.2. The molecule has 7 nitrogen and oxygen atoms in total. The topological polar surface area (TPSA) is 101 Å². The number of halogens is 2. The van der Waals surface area contributed by atoms with E-state index in [1.165, 1.54) is 11.5 Å².